The molecule has 0 atom stereocenters. The Labute approximate surface area is 183 Å². The zero-order chi connectivity index (χ0) is 18.1. The first kappa shape index (κ1) is 22.0. The van der Waals surface area contributed by atoms with E-state index in [2.05, 4.69) is 9.97 Å². The fraction of sp³-hybridized carbons (Fsp3) is 0. The van der Waals surface area contributed by atoms with Crippen LogP contribution in [0.2, 0.25) is 0 Å². The lowest BCUT2D eigenvalue weighted by Gasteiger charge is -2.10. The third kappa shape index (κ3) is 3.94. The lowest BCUT2D eigenvalue weighted by atomic mass is 10.1. The first-order valence-electron chi connectivity index (χ1n) is 7.89. The summed E-state index contributed by atoms with van der Waals surface area (Å²) in [5.41, 5.74) is 1.93. The van der Waals surface area contributed by atoms with Crippen molar-refractivity contribution >= 4 is 54.7 Å². The fourth-order valence-corrected chi connectivity index (χ4v) is 4.38. The number of phenols is 1. The summed E-state index contributed by atoms with van der Waals surface area (Å²) >= 11 is 0. The highest BCUT2D eigenvalue weighted by atomic mass is 79.9. The summed E-state index contributed by atoms with van der Waals surface area (Å²) in [7, 11) is -3.78. The maximum Gasteiger partial charge on any atom is 0.207 e. The van der Waals surface area contributed by atoms with E-state index < -0.39 is 9.84 Å². The highest BCUT2D eigenvalue weighted by Gasteiger charge is 2.22. The molecule has 2 aromatic heterocycles. The Balaban J connectivity index is 0.00000140. The van der Waals surface area contributed by atoms with Crippen LogP contribution in [-0.2, 0) is 9.84 Å². The third-order valence-electron chi connectivity index (χ3n) is 4.16. The second-order valence-electron chi connectivity index (χ2n) is 5.75. The van der Waals surface area contributed by atoms with E-state index >= 15 is 0 Å². The molecule has 0 aliphatic heterocycles. The second kappa shape index (κ2) is 8.81. The van der Waals surface area contributed by atoms with E-state index in [0.29, 0.717) is 5.39 Å². The Hall–Kier alpha value is -2.29. The van der Waals surface area contributed by atoms with E-state index in [-0.39, 0.29) is 55.0 Å². The number of hydrogen-bond donors (Lipinski definition) is 1. The molecule has 0 unspecified atom stereocenters. The van der Waals surface area contributed by atoms with Gasteiger partial charge in [0.25, 0.3) is 0 Å². The molecule has 0 aliphatic carbocycles. The van der Waals surface area contributed by atoms with Crippen molar-refractivity contribution in [1.82, 2.24) is 9.97 Å². The van der Waals surface area contributed by atoms with Gasteiger partial charge in [-0.25, -0.2) is 8.42 Å². The van der Waals surface area contributed by atoms with Gasteiger partial charge in [0.15, 0.2) is 0 Å². The molecule has 0 aliphatic rings. The first-order chi connectivity index (χ1) is 12.6. The number of fused-ring (bicyclic) bond motifs is 1. The second-order valence-corrected chi connectivity index (χ2v) is 7.67. The number of phenolic OH excluding ortho intramolecular Hbond substituents is 1. The van der Waals surface area contributed by atoms with E-state index in [4.69, 9.17) is 0 Å². The molecule has 0 spiro atoms. The molecular formula is C20H16Br2N2O3S. The van der Waals surface area contributed by atoms with Crippen LogP contribution in [-0.4, -0.2) is 23.5 Å². The van der Waals surface area contributed by atoms with Crippen LogP contribution in [0.25, 0.3) is 22.0 Å². The van der Waals surface area contributed by atoms with Crippen LogP contribution in [0.15, 0.2) is 89.0 Å². The molecular weight excluding hydrogens is 508 g/mol. The fourth-order valence-electron chi connectivity index (χ4n) is 2.88. The zero-order valence-corrected chi connectivity index (χ0v) is 18.6. The minimum Gasteiger partial charge on any atom is -0.506 e. The number of aromatic nitrogens is 2. The molecule has 0 radical (unpaired) electrons. The topological polar surface area (TPSA) is 80.2 Å². The largest absolute Gasteiger partial charge is 0.506 e. The average molecular weight is 524 g/mol. The summed E-state index contributed by atoms with van der Waals surface area (Å²) in [6, 6.07) is 16.5. The van der Waals surface area contributed by atoms with Gasteiger partial charge in [-0.05, 0) is 59.7 Å². The van der Waals surface area contributed by atoms with E-state index in [1.807, 2.05) is 18.2 Å². The van der Waals surface area contributed by atoms with Crippen molar-refractivity contribution in [2.45, 2.75) is 9.79 Å². The number of nitrogens with zero attached hydrogens (tertiary/aromatic N) is 2. The minimum absolute atomic E-state index is 0. The van der Waals surface area contributed by atoms with Crippen molar-refractivity contribution in [2.75, 3.05) is 0 Å². The monoisotopic (exact) mass is 522 g/mol. The molecule has 2 aromatic carbocycles. The van der Waals surface area contributed by atoms with Gasteiger partial charge in [-0.3, -0.25) is 9.97 Å². The molecule has 4 rings (SSSR count). The smallest absolute Gasteiger partial charge is 0.207 e. The van der Waals surface area contributed by atoms with E-state index in [1.165, 1.54) is 18.3 Å². The molecule has 0 saturated heterocycles. The van der Waals surface area contributed by atoms with Crippen LogP contribution in [0, 0.1) is 0 Å². The summed E-state index contributed by atoms with van der Waals surface area (Å²) in [5, 5.41) is 10.4. The van der Waals surface area contributed by atoms with Gasteiger partial charge in [0.2, 0.25) is 9.84 Å². The summed E-state index contributed by atoms with van der Waals surface area (Å²) in [6.45, 7) is 0. The molecule has 28 heavy (non-hydrogen) atoms. The zero-order valence-electron chi connectivity index (χ0n) is 14.4. The van der Waals surface area contributed by atoms with Crippen LogP contribution < -0.4 is 0 Å². The number of halogens is 2. The standard InChI is InChI=1S/C20H14N2O3S.2BrH/c23-18-6-7-19(17-5-2-10-22-20(17)18)26(24,25)16-4-1-3-15(13-16)14-8-11-21-12-9-14;;/h1-13,23H;2*1H. The summed E-state index contributed by atoms with van der Waals surface area (Å²) < 4.78 is 26.4. The molecule has 5 nitrogen and oxygen atoms in total. The minimum atomic E-state index is -3.78. The summed E-state index contributed by atoms with van der Waals surface area (Å²) in [5.74, 6) is -0.0508. The van der Waals surface area contributed by atoms with Crippen molar-refractivity contribution in [3.05, 3.63) is 79.3 Å². The van der Waals surface area contributed by atoms with Crippen molar-refractivity contribution in [3.63, 3.8) is 0 Å². The van der Waals surface area contributed by atoms with Gasteiger partial charge < -0.3 is 5.11 Å². The number of hydrogen-bond acceptors (Lipinski definition) is 5. The maximum absolute atomic E-state index is 13.2. The first-order valence-corrected chi connectivity index (χ1v) is 9.38. The van der Waals surface area contributed by atoms with E-state index in [0.717, 1.165) is 11.1 Å². The maximum atomic E-state index is 13.2. The van der Waals surface area contributed by atoms with E-state index in [1.54, 1.807) is 42.7 Å². The molecule has 1 N–H and O–H groups in total. The Kier molecular flexibility index (Phi) is 6.92. The molecule has 2 heterocycles. The number of benzene rings is 2. The highest BCUT2D eigenvalue weighted by molar-refractivity contribution is 8.93. The molecule has 144 valence electrons. The van der Waals surface area contributed by atoms with Crippen LogP contribution >= 0.6 is 34.0 Å². The van der Waals surface area contributed by atoms with Gasteiger partial charge in [-0.1, -0.05) is 12.1 Å². The van der Waals surface area contributed by atoms with Gasteiger partial charge in [0.05, 0.1) is 9.79 Å². The Bertz CT molecular complexity index is 1220. The Morgan fingerprint density at radius 2 is 1.54 bits per heavy atom. The van der Waals surface area contributed by atoms with Crippen LogP contribution in [0.1, 0.15) is 0 Å². The quantitative estimate of drug-likeness (QED) is 0.409. The number of aromatic hydroxyl groups is 1. The van der Waals surface area contributed by atoms with Crippen LogP contribution in [0.5, 0.6) is 5.75 Å². The number of pyridine rings is 2. The van der Waals surface area contributed by atoms with Gasteiger partial charge >= 0.3 is 0 Å². The number of sulfone groups is 1. The lowest BCUT2D eigenvalue weighted by molar-refractivity contribution is 0.480. The van der Waals surface area contributed by atoms with Crippen LogP contribution in [0.3, 0.4) is 0 Å². The lowest BCUT2D eigenvalue weighted by Crippen LogP contribution is -2.03. The van der Waals surface area contributed by atoms with Crippen molar-refractivity contribution in [1.29, 1.82) is 0 Å². The molecule has 4 aromatic rings. The van der Waals surface area contributed by atoms with Gasteiger partial charge in [-0.15, -0.1) is 34.0 Å². The SMILES string of the molecule is Br.Br.O=S(=O)(c1cccc(-c2ccncc2)c1)c1ccc(O)c2ncccc12. The van der Waals surface area contributed by atoms with Crippen LogP contribution in [0.4, 0.5) is 0 Å². The van der Waals surface area contributed by atoms with Crippen molar-refractivity contribution in [2.24, 2.45) is 0 Å². The molecule has 8 heteroatoms. The Morgan fingerprint density at radius 3 is 2.29 bits per heavy atom. The predicted molar refractivity (Wildman–Crippen MR) is 119 cm³/mol. The van der Waals surface area contributed by atoms with Crippen molar-refractivity contribution in [3.8, 4) is 16.9 Å². The summed E-state index contributed by atoms with van der Waals surface area (Å²) in [6.07, 6.45) is 4.84. The van der Waals surface area contributed by atoms with Gasteiger partial charge in [0.1, 0.15) is 11.3 Å². The Morgan fingerprint density at radius 1 is 0.786 bits per heavy atom. The normalized spacial score (nSPS) is 10.7. The molecule has 0 saturated carbocycles. The molecule has 0 amide bonds. The third-order valence-corrected chi connectivity index (χ3v) is 5.97. The average Bonchev–Trinajstić information content (AvgIpc) is 2.69. The van der Waals surface area contributed by atoms with Gasteiger partial charge in [0, 0.05) is 24.0 Å². The summed E-state index contributed by atoms with van der Waals surface area (Å²) in [4.78, 5) is 8.37. The van der Waals surface area contributed by atoms with Crippen molar-refractivity contribution < 1.29 is 13.5 Å². The highest BCUT2D eigenvalue weighted by Crippen LogP contribution is 2.33. The van der Waals surface area contributed by atoms with Gasteiger partial charge in [-0.2, -0.15) is 0 Å². The predicted octanol–water partition coefficient (Wildman–Crippen LogP) is 4.99. The molecule has 0 fully saturated rings. The number of rotatable bonds is 3. The van der Waals surface area contributed by atoms with E-state index in [9.17, 15) is 13.5 Å². The molecule has 0 bridgehead atoms.